The molecule has 0 saturated carbocycles. The topological polar surface area (TPSA) is 108 Å². The van der Waals surface area contributed by atoms with Crippen molar-refractivity contribution in [2.75, 3.05) is 26.2 Å². The number of nitrogens with zero attached hydrogens (tertiary/aromatic N) is 2. The molecule has 1 aromatic carbocycles. The molecule has 1 atom stereocenters. The lowest BCUT2D eigenvalue weighted by atomic mass is 9.95. The van der Waals surface area contributed by atoms with Gasteiger partial charge < -0.3 is 19.9 Å². The highest BCUT2D eigenvalue weighted by molar-refractivity contribution is 6.05. The lowest BCUT2D eigenvalue weighted by molar-refractivity contribution is -0.138. The van der Waals surface area contributed by atoms with Gasteiger partial charge in [-0.1, -0.05) is 0 Å². The third kappa shape index (κ3) is 4.46. The number of piperidine rings is 3. The fourth-order valence-corrected chi connectivity index (χ4v) is 5.34. The van der Waals surface area contributed by atoms with Crippen molar-refractivity contribution < 1.29 is 23.9 Å². The van der Waals surface area contributed by atoms with E-state index in [2.05, 4.69) is 10.6 Å². The summed E-state index contributed by atoms with van der Waals surface area (Å²) in [6.07, 6.45) is 4.03. The van der Waals surface area contributed by atoms with Gasteiger partial charge in [-0.2, -0.15) is 0 Å². The van der Waals surface area contributed by atoms with Gasteiger partial charge in [-0.25, -0.2) is 0 Å². The fraction of sp³-hybridized carbons (Fsp3) is 0.583. The summed E-state index contributed by atoms with van der Waals surface area (Å²) in [5.74, 6) is 0.240. The van der Waals surface area contributed by atoms with Crippen LogP contribution >= 0.6 is 0 Å². The number of imide groups is 1. The van der Waals surface area contributed by atoms with Crippen LogP contribution in [-0.2, 0) is 20.9 Å². The van der Waals surface area contributed by atoms with E-state index in [-0.39, 0.29) is 36.2 Å². The van der Waals surface area contributed by atoms with Crippen molar-refractivity contribution in [2.24, 2.45) is 5.92 Å². The van der Waals surface area contributed by atoms with E-state index in [0.717, 1.165) is 44.3 Å². The van der Waals surface area contributed by atoms with E-state index in [1.807, 2.05) is 11.0 Å². The molecule has 0 radical (unpaired) electrons. The lowest BCUT2D eigenvalue weighted by Crippen LogP contribution is -2.52. The van der Waals surface area contributed by atoms with Gasteiger partial charge in [0, 0.05) is 50.4 Å². The third-order valence-corrected chi connectivity index (χ3v) is 7.24. The van der Waals surface area contributed by atoms with E-state index >= 15 is 0 Å². The zero-order valence-corrected chi connectivity index (χ0v) is 18.7. The first-order valence-corrected chi connectivity index (χ1v) is 11.9. The summed E-state index contributed by atoms with van der Waals surface area (Å²) >= 11 is 0. The van der Waals surface area contributed by atoms with Crippen molar-refractivity contribution in [1.82, 2.24) is 20.4 Å². The number of benzene rings is 1. The number of likely N-dealkylation sites (tertiary alicyclic amines) is 1. The molecule has 1 unspecified atom stereocenters. The van der Waals surface area contributed by atoms with Crippen LogP contribution in [0.25, 0.3) is 0 Å². The monoisotopic (exact) mass is 454 g/mol. The molecule has 5 rings (SSSR count). The Morgan fingerprint density at radius 2 is 1.76 bits per heavy atom. The number of nitrogens with one attached hydrogen (secondary N) is 2. The fourth-order valence-electron chi connectivity index (χ4n) is 5.34. The zero-order valence-electron chi connectivity index (χ0n) is 18.7. The smallest absolute Gasteiger partial charge is 0.255 e. The summed E-state index contributed by atoms with van der Waals surface area (Å²) in [4.78, 5) is 52.8. The minimum atomic E-state index is -0.617. The maximum atomic E-state index is 12.8. The molecule has 3 fully saturated rings. The van der Waals surface area contributed by atoms with Crippen LogP contribution in [0.15, 0.2) is 18.2 Å². The van der Waals surface area contributed by atoms with Crippen LogP contribution in [0, 0.1) is 5.92 Å². The van der Waals surface area contributed by atoms with Crippen molar-refractivity contribution in [3.8, 4) is 5.75 Å². The number of rotatable bonds is 4. The Bertz CT molecular complexity index is 966. The predicted molar refractivity (Wildman–Crippen MR) is 118 cm³/mol. The quantitative estimate of drug-likeness (QED) is 0.652. The highest BCUT2D eigenvalue weighted by Gasteiger charge is 2.39. The van der Waals surface area contributed by atoms with Crippen LogP contribution in [-0.4, -0.2) is 71.8 Å². The van der Waals surface area contributed by atoms with Gasteiger partial charge in [-0.3, -0.25) is 24.5 Å². The van der Waals surface area contributed by atoms with Gasteiger partial charge in [0.05, 0.1) is 0 Å². The summed E-state index contributed by atoms with van der Waals surface area (Å²) in [6, 6.07) is 4.83. The van der Waals surface area contributed by atoms with Crippen molar-refractivity contribution in [2.45, 2.75) is 57.2 Å². The standard InChI is InChI=1S/C24H30N4O5/c29-21-4-3-20(22(30)26-21)28-14-16-13-18(1-2-19(16)24(28)32)33-17-7-11-27(12-8-17)23(31)15-5-9-25-10-6-15/h1-2,13,15,17,20,25H,3-12,14H2,(H,26,29,30). The maximum Gasteiger partial charge on any atom is 0.255 e. The van der Waals surface area contributed by atoms with E-state index < -0.39 is 11.9 Å². The van der Waals surface area contributed by atoms with Crippen LogP contribution < -0.4 is 15.4 Å². The molecule has 1 aromatic rings. The van der Waals surface area contributed by atoms with Gasteiger partial charge in [-0.05, 0) is 56.1 Å². The molecule has 176 valence electrons. The highest BCUT2D eigenvalue weighted by atomic mass is 16.5. The Morgan fingerprint density at radius 3 is 2.48 bits per heavy atom. The number of hydrogen-bond donors (Lipinski definition) is 2. The predicted octanol–water partition coefficient (Wildman–Crippen LogP) is 0.817. The van der Waals surface area contributed by atoms with Crippen molar-refractivity contribution in [3.05, 3.63) is 29.3 Å². The molecule has 9 heteroatoms. The Kier molecular flexibility index (Phi) is 6.05. The first kappa shape index (κ1) is 21.9. The average Bonchev–Trinajstić information content (AvgIpc) is 3.15. The van der Waals surface area contributed by atoms with Gasteiger partial charge in [0.2, 0.25) is 17.7 Å². The first-order chi connectivity index (χ1) is 16.0. The number of ether oxygens (including phenoxy) is 1. The van der Waals surface area contributed by atoms with Gasteiger partial charge in [0.15, 0.2) is 0 Å². The van der Waals surface area contributed by atoms with Crippen molar-refractivity contribution >= 4 is 23.6 Å². The Labute approximate surface area is 192 Å². The molecule has 0 aliphatic carbocycles. The maximum absolute atomic E-state index is 12.8. The molecular formula is C24H30N4O5. The molecule has 4 aliphatic rings. The van der Waals surface area contributed by atoms with E-state index in [4.69, 9.17) is 4.74 Å². The molecule has 9 nitrogen and oxygen atoms in total. The number of carbonyl (C=O) groups excluding carboxylic acids is 4. The van der Waals surface area contributed by atoms with Gasteiger partial charge in [0.1, 0.15) is 17.9 Å². The molecule has 33 heavy (non-hydrogen) atoms. The minimum absolute atomic E-state index is 0.0310. The SMILES string of the molecule is O=C1CCC(N2Cc3cc(OC4CCN(C(=O)C5CCNCC5)CC4)ccc3C2=O)C(=O)N1. The average molecular weight is 455 g/mol. The summed E-state index contributed by atoms with van der Waals surface area (Å²) in [7, 11) is 0. The molecule has 0 bridgehead atoms. The van der Waals surface area contributed by atoms with Gasteiger partial charge >= 0.3 is 0 Å². The second-order valence-electron chi connectivity index (χ2n) is 9.39. The van der Waals surface area contributed by atoms with Crippen LogP contribution in [0.1, 0.15) is 54.4 Å². The molecule has 4 heterocycles. The Hall–Kier alpha value is -2.94. The normalized spacial score (nSPS) is 24.6. The van der Waals surface area contributed by atoms with Crippen LogP contribution in [0.5, 0.6) is 5.75 Å². The van der Waals surface area contributed by atoms with Crippen molar-refractivity contribution in [3.63, 3.8) is 0 Å². The summed E-state index contributed by atoms with van der Waals surface area (Å²) in [5, 5.41) is 5.63. The number of hydrogen-bond acceptors (Lipinski definition) is 6. The van der Waals surface area contributed by atoms with E-state index in [1.165, 1.54) is 0 Å². The van der Waals surface area contributed by atoms with E-state index in [9.17, 15) is 19.2 Å². The highest BCUT2D eigenvalue weighted by Crippen LogP contribution is 2.31. The third-order valence-electron chi connectivity index (χ3n) is 7.24. The zero-order chi connectivity index (χ0) is 22.9. The van der Waals surface area contributed by atoms with Crippen molar-refractivity contribution in [1.29, 1.82) is 0 Å². The molecule has 3 saturated heterocycles. The molecule has 4 amide bonds. The summed E-state index contributed by atoms with van der Waals surface area (Å²) in [5.41, 5.74) is 1.41. The Balaban J connectivity index is 1.17. The van der Waals surface area contributed by atoms with E-state index in [1.54, 1.807) is 17.0 Å². The summed E-state index contributed by atoms with van der Waals surface area (Å²) in [6.45, 7) is 3.58. The molecule has 0 aromatic heterocycles. The number of amides is 4. The van der Waals surface area contributed by atoms with Crippen LogP contribution in [0.2, 0.25) is 0 Å². The van der Waals surface area contributed by atoms with Crippen LogP contribution in [0.3, 0.4) is 0 Å². The molecular weight excluding hydrogens is 424 g/mol. The van der Waals surface area contributed by atoms with Gasteiger partial charge in [-0.15, -0.1) is 0 Å². The number of carbonyl (C=O) groups is 4. The molecule has 0 spiro atoms. The second kappa shape index (κ2) is 9.13. The molecule has 2 N–H and O–H groups in total. The number of fused-ring (bicyclic) bond motifs is 1. The van der Waals surface area contributed by atoms with E-state index in [0.29, 0.717) is 37.4 Å². The van der Waals surface area contributed by atoms with Crippen LogP contribution in [0.4, 0.5) is 0 Å². The largest absolute Gasteiger partial charge is 0.490 e. The second-order valence-corrected chi connectivity index (χ2v) is 9.39. The molecule has 4 aliphatic heterocycles. The van der Waals surface area contributed by atoms with Gasteiger partial charge in [0.25, 0.3) is 5.91 Å². The first-order valence-electron chi connectivity index (χ1n) is 11.9. The summed E-state index contributed by atoms with van der Waals surface area (Å²) < 4.78 is 6.20. The minimum Gasteiger partial charge on any atom is -0.490 e. The lowest BCUT2D eigenvalue weighted by Gasteiger charge is -2.35. The Morgan fingerprint density at radius 1 is 1.00 bits per heavy atom.